The molecule has 1 heterocycles. The summed E-state index contributed by atoms with van der Waals surface area (Å²) in [6.45, 7) is 0. The molecule has 0 spiro atoms. The summed E-state index contributed by atoms with van der Waals surface area (Å²) in [5.41, 5.74) is 0. The predicted molar refractivity (Wildman–Crippen MR) is 58.9 cm³/mol. The van der Waals surface area contributed by atoms with Gasteiger partial charge >= 0.3 is 6.03 Å². The molecule has 1 N–H and O–H groups in total. The Balaban J connectivity index is 1.83. The van der Waals surface area contributed by atoms with Crippen molar-refractivity contribution in [1.29, 1.82) is 0 Å². The molecule has 1 unspecified atom stereocenters. The first-order valence-electron chi connectivity index (χ1n) is 6.36. The highest BCUT2D eigenvalue weighted by molar-refractivity contribution is 6.16. The highest BCUT2D eigenvalue weighted by Crippen LogP contribution is 2.37. The second-order valence-electron chi connectivity index (χ2n) is 5.26. The topological polar surface area (TPSA) is 66.5 Å². The molecule has 0 bridgehead atoms. The van der Waals surface area contributed by atoms with Crippen LogP contribution >= 0.6 is 0 Å². The van der Waals surface area contributed by atoms with Gasteiger partial charge in [-0.3, -0.25) is 19.8 Å². The molecule has 0 aromatic heterocycles. The number of imide groups is 2. The molecular weight excluding hydrogens is 220 g/mol. The molecule has 1 atom stereocenters. The number of barbiturate groups is 1. The van der Waals surface area contributed by atoms with E-state index in [2.05, 4.69) is 5.32 Å². The molecule has 2 aliphatic carbocycles. The number of amides is 4. The van der Waals surface area contributed by atoms with Crippen molar-refractivity contribution in [2.45, 2.75) is 44.6 Å². The molecule has 17 heavy (non-hydrogen) atoms. The van der Waals surface area contributed by atoms with E-state index in [1.54, 1.807) is 0 Å². The fourth-order valence-corrected chi connectivity index (χ4v) is 2.99. The zero-order chi connectivity index (χ0) is 12.0. The summed E-state index contributed by atoms with van der Waals surface area (Å²) in [7, 11) is 0. The van der Waals surface area contributed by atoms with Crippen molar-refractivity contribution in [1.82, 2.24) is 10.2 Å². The normalized spacial score (nSPS) is 30.9. The van der Waals surface area contributed by atoms with Gasteiger partial charge in [-0.2, -0.15) is 0 Å². The van der Waals surface area contributed by atoms with E-state index in [0.29, 0.717) is 0 Å². The Labute approximate surface area is 99.5 Å². The quantitative estimate of drug-likeness (QED) is 0.728. The largest absolute Gasteiger partial charge is 0.331 e. The lowest BCUT2D eigenvalue weighted by Gasteiger charge is -2.32. The molecule has 0 radical (unpaired) electrons. The summed E-state index contributed by atoms with van der Waals surface area (Å²) in [5, 5.41) is 2.34. The second kappa shape index (κ2) is 3.82. The summed E-state index contributed by atoms with van der Waals surface area (Å²) in [4.78, 5) is 37.0. The first-order chi connectivity index (χ1) is 8.18. The van der Waals surface area contributed by atoms with Crippen LogP contribution in [0.25, 0.3) is 0 Å². The number of carbonyl (C=O) groups excluding carboxylic acids is 3. The van der Waals surface area contributed by atoms with Crippen LogP contribution < -0.4 is 5.32 Å². The zero-order valence-electron chi connectivity index (χ0n) is 9.65. The van der Waals surface area contributed by atoms with Crippen LogP contribution in [0.3, 0.4) is 0 Å². The highest BCUT2D eigenvalue weighted by Gasteiger charge is 2.49. The lowest BCUT2D eigenvalue weighted by Crippen LogP contribution is -2.60. The van der Waals surface area contributed by atoms with Crippen LogP contribution in [0.4, 0.5) is 4.79 Å². The van der Waals surface area contributed by atoms with Crippen molar-refractivity contribution in [3.63, 3.8) is 0 Å². The molecule has 0 aromatic rings. The van der Waals surface area contributed by atoms with Crippen LogP contribution in [0.2, 0.25) is 0 Å². The van der Waals surface area contributed by atoms with Crippen molar-refractivity contribution in [3.05, 3.63) is 0 Å². The fraction of sp³-hybridized carbons (Fsp3) is 0.750. The lowest BCUT2D eigenvalue weighted by atomic mass is 9.87. The number of hydrogen-bond donors (Lipinski definition) is 1. The Hall–Kier alpha value is -1.39. The van der Waals surface area contributed by atoms with Crippen molar-refractivity contribution in [2.24, 2.45) is 11.8 Å². The van der Waals surface area contributed by atoms with Gasteiger partial charge in [-0.25, -0.2) is 4.79 Å². The molecule has 92 valence electrons. The molecule has 3 aliphatic rings. The Morgan fingerprint density at radius 2 is 1.65 bits per heavy atom. The van der Waals surface area contributed by atoms with Gasteiger partial charge in [-0.05, 0) is 31.6 Å². The minimum atomic E-state index is -0.615. The van der Waals surface area contributed by atoms with Crippen molar-refractivity contribution < 1.29 is 14.4 Å². The van der Waals surface area contributed by atoms with Gasteiger partial charge in [0.05, 0.1) is 0 Å². The monoisotopic (exact) mass is 236 g/mol. The van der Waals surface area contributed by atoms with Gasteiger partial charge in [-0.1, -0.05) is 12.8 Å². The van der Waals surface area contributed by atoms with E-state index in [1.165, 1.54) is 4.90 Å². The minimum Gasteiger partial charge on any atom is -0.277 e. The van der Waals surface area contributed by atoms with E-state index in [1.807, 2.05) is 0 Å². The number of urea groups is 1. The Morgan fingerprint density at radius 1 is 1.00 bits per heavy atom. The first kappa shape index (κ1) is 10.7. The maximum atomic E-state index is 12.3. The summed E-state index contributed by atoms with van der Waals surface area (Å²) < 4.78 is 0. The summed E-state index contributed by atoms with van der Waals surface area (Å²) in [6, 6.07) is -0.476. The predicted octanol–water partition coefficient (Wildman–Crippen LogP) is 1.03. The summed E-state index contributed by atoms with van der Waals surface area (Å²) >= 11 is 0. The molecule has 1 aliphatic heterocycles. The molecule has 3 rings (SSSR count). The van der Waals surface area contributed by atoms with Gasteiger partial charge in [-0.15, -0.1) is 0 Å². The highest BCUT2D eigenvalue weighted by atomic mass is 16.2. The number of nitrogens with one attached hydrogen (secondary N) is 1. The maximum absolute atomic E-state index is 12.3. The third-order valence-electron chi connectivity index (χ3n) is 4.02. The van der Waals surface area contributed by atoms with Gasteiger partial charge in [0.2, 0.25) is 11.8 Å². The van der Waals surface area contributed by atoms with E-state index in [0.717, 1.165) is 38.5 Å². The van der Waals surface area contributed by atoms with Crippen LogP contribution in [0.1, 0.15) is 38.5 Å². The molecule has 5 nitrogen and oxygen atoms in total. The summed E-state index contributed by atoms with van der Waals surface area (Å²) in [5.74, 6) is -1.12. The van der Waals surface area contributed by atoms with Gasteiger partial charge < -0.3 is 0 Å². The van der Waals surface area contributed by atoms with Gasteiger partial charge in [0.15, 0.2) is 0 Å². The third-order valence-corrected chi connectivity index (χ3v) is 4.02. The second-order valence-corrected chi connectivity index (χ2v) is 5.26. The molecule has 2 saturated carbocycles. The van der Waals surface area contributed by atoms with E-state index < -0.39 is 11.9 Å². The third kappa shape index (κ3) is 1.73. The standard InChI is InChI=1S/C12H16N2O3/c15-10-9(7-3-1-2-4-7)11(16)14(8-5-6-8)12(17)13-10/h7-9H,1-6H2,(H,13,15,17). The number of rotatable bonds is 2. The lowest BCUT2D eigenvalue weighted by molar-refractivity contribution is -0.145. The van der Waals surface area contributed by atoms with Crippen LogP contribution in [0.15, 0.2) is 0 Å². The number of nitrogens with zero attached hydrogens (tertiary/aromatic N) is 1. The number of hydrogen-bond acceptors (Lipinski definition) is 3. The maximum Gasteiger partial charge on any atom is 0.331 e. The van der Waals surface area contributed by atoms with E-state index in [-0.39, 0.29) is 23.8 Å². The molecule has 1 saturated heterocycles. The van der Waals surface area contributed by atoms with E-state index >= 15 is 0 Å². The van der Waals surface area contributed by atoms with Crippen molar-refractivity contribution in [2.75, 3.05) is 0 Å². The molecule has 5 heteroatoms. The van der Waals surface area contributed by atoms with Crippen LogP contribution in [-0.2, 0) is 9.59 Å². The molecule has 0 aromatic carbocycles. The van der Waals surface area contributed by atoms with Crippen molar-refractivity contribution in [3.8, 4) is 0 Å². The average molecular weight is 236 g/mol. The fourth-order valence-electron chi connectivity index (χ4n) is 2.99. The van der Waals surface area contributed by atoms with Gasteiger partial charge in [0.25, 0.3) is 0 Å². The molecule has 3 fully saturated rings. The van der Waals surface area contributed by atoms with Crippen molar-refractivity contribution >= 4 is 17.8 Å². The molecular formula is C12H16N2O3. The summed E-state index contributed by atoms with van der Waals surface area (Å²) in [6.07, 6.45) is 5.78. The smallest absolute Gasteiger partial charge is 0.277 e. The zero-order valence-corrected chi connectivity index (χ0v) is 9.65. The van der Waals surface area contributed by atoms with Crippen LogP contribution in [-0.4, -0.2) is 28.8 Å². The van der Waals surface area contributed by atoms with E-state index in [4.69, 9.17) is 0 Å². The Morgan fingerprint density at radius 3 is 2.24 bits per heavy atom. The Kier molecular flexibility index (Phi) is 2.42. The van der Waals surface area contributed by atoms with E-state index in [9.17, 15) is 14.4 Å². The van der Waals surface area contributed by atoms with Crippen LogP contribution in [0.5, 0.6) is 0 Å². The molecule has 4 amide bonds. The SMILES string of the molecule is O=C1NC(=O)N(C2CC2)C(=O)C1C1CCCC1. The Bertz CT molecular complexity index is 383. The average Bonchev–Trinajstić information content (AvgIpc) is 2.93. The van der Waals surface area contributed by atoms with Gasteiger partial charge in [0, 0.05) is 6.04 Å². The van der Waals surface area contributed by atoms with Crippen LogP contribution in [0, 0.1) is 11.8 Å². The van der Waals surface area contributed by atoms with Gasteiger partial charge in [0.1, 0.15) is 5.92 Å². The first-order valence-corrected chi connectivity index (χ1v) is 6.36. The number of carbonyl (C=O) groups is 3. The minimum absolute atomic E-state index is 0.0412.